The second-order valence-electron chi connectivity index (χ2n) is 6.95. The zero-order chi connectivity index (χ0) is 21.0. The number of carbonyl (C=O) groups excluding carboxylic acids is 1. The molecule has 6 heteroatoms. The smallest absolute Gasteiger partial charge is 0.241 e. The van der Waals surface area contributed by atoms with Crippen molar-refractivity contribution in [2.24, 2.45) is 0 Å². The van der Waals surface area contributed by atoms with Crippen LogP contribution in [0.15, 0.2) is 83.8 Å². The van der Waals surface area contributed by atoms with Gasteiger partial charge in [-0.05, 0) is 31.5 Å². The maximum Gasteiger partial charge on any atom is 0.241 e. The molecule has 150 valence electrons. The Labute approximate surface area is 180 Å². The lowest BCUT2D eigenvalue weighted by atomic mass is 9.98. The highest BCUT2D eigenvalue weighted by atomic mass is 79.9. The minimum Gasteiger partial charge on any atom is -0.293 e. The van der Waals surface area contributed by atoms with Crippen molar-refractivity contribution < 1.29 is 13.2 Å². The van der Waals surface area contributed by atoms with Gasteiger partial charge in [-0.25, -0.2) is 13.1 Å². The molecular formula is C23H22BrNO3S. The first-order valence-electron chi connectivity index (χ1n) is 9.17. The van der Waals surface area contributed by atoms with Crippen LogP contribution in [0.5, 0.6) is 0 Å². The number of aryl methyl sites for hydroxylation is 2. The van der Waals surface area contributed by atoms with Crippen molar-refractivity contribution in [3.8, 4) is 0 Å². The minimum absolute atomic E-state index is 0.159. The van der Waals surface area contributed by atoms with E-state index in [1.165, 1.54) is 0 Å². The number of nitrogens with one attached hydrogen (secondary N) is 1. The zero-order valence-corrected chi connectivity index (χ0v) is 18.6. The van der Waals surface area contributed by atoms with Gasteiger partial charge in [-0.15, -0.1) is 0 Å². The van der Waals surface area contributed by atoms with Gasteiger partial charge in [0.2, 0.25) is 10.0 Å². The lowest BCUT2D eigenvalue weighted by Crippen LogP contribution is -2.37. The SMILES string of the molecule is Cc1ccc(C(NS(=O)(=O)c2ccc(C)cc2)C(Br)C(=O)c2ccccc2)cc1. The molecule has 3 rings (SSSR count). The van der Waals surface area contributed by atoms with E-state index in [-0.39, 0.29) is 10.7 Å². The van der Waals surface area contributed by atoms with Crippen LogP contribution in [0, 0.1) is 13.8 Å². The largest absolute Gasteiger partial charge is 0.293 e. The molecular weight excluding hydrogens is 450 g/mol. The Morgan fingerprint density at radius 3 is 1.90 bits per heavy atom. The van der Waals surface area contributed by atoms with E-state index in [0.29, 0.717) is 11.1 Å². The van der Waals surface area contributed by atoms with Gasteiger partial charge < -0.3 is 0 Å². The Balaban J connectivity index is 1.98. The number of hydrogen-bond acceptors (Lipinski definition) is 3. The number of carbonyl (C=O) groups is 1. The summed E-state index contributed by atoms with van der Waals surface area (Å²) in [6.07, 6.45) is 0. The standard InChI is InChI=1S/C23H22BrNO3S/c1-16-8-12-18(13-9-16)22(21(24)23(26)19-6-4-3-5-7-19)25-29(27,28)20-14-10-17(2)11-15-20/h3-15,21-22,25H,1-2H3. The number of sulfonamides is 1. The van der Waals surface area contributed by atoms with E-state index in [4.69, 9.17) is 0 Å². The molecule has 0 aliphatic heterocycles. The van der Waals surface area contributed by atoms with Crippen LogP contribution < -0.4 is 4.72 Å². The van der Waals surface area contributed by atoms with E-state index in [2.05, 4.69) is 20.7 Å². The van der Waals surface area contributed by atoms with Gasteiger partial charge in [0.05, 0.1) is 15.8 Å². The number of benzene rings is 3. The van der Waals surface area contributed by atoms with Crippen LogP contribution in [0.3, 0.4) is 0 Å². The molecule has 0 spiro atoms. The molecule has 3 aromatic rings. The molecule has 0 aromatic heterocycles. The summed E-state index contributed by atoms with van der Waals surface area (Å²) in [5.41, 5.74) is 3.24. The number of rotatable bonds is 7. The summed E-state index contributed by atoms with van der Waals surface area (Å²) in [4.78, 5) is 12.4. The molecule has 29 heavy (non-hydrogen) atoms. The number of halogens is 1. The highest BCUT2D eigenvalue weighted by molar-refractivity contribution is 9.10. The van der Waals surface area contributed by atoms with Crippen molar-refractivity contribution in [1.29, 1.82) is 0 Å². The Morgan fingerprint density at radius 2 is 1.34 bits per heavy atom. The van der Waals surface area contributed by atoms with Gasteiger partial charge in [-0.1, -0.05) is 93.8 Å². The highest BCUT2D eigenvalue weighted by Crippen LogP contribution is 2.28. The second kappa shape index (κ2) is 9.03. The van der Waals surface area contributed by atoms with Crippen LogP contribution in [0.1, 0.15) is 33.1 Å². The Kier molecular flexibility index (Phi) is 6.67. The number of alkyl halides is 1. The van der Waals surface area contributed by atoms with Gasteiger partial charge in [0, 0.05) is 5.56 Å². The van der Waals surface area contributed by atoms with Gasteiger partial charge in [0.25, 0.3) is 0 Å². The van der Waals surface area contributed by atoms with E-state index in [1.807, 2.05) is 44.2 Å². The average molecular weight is 472 g/mol. The molecule has 0 saturated heterocycles. The molecule has 0 aliphatic rings. The fourth-order valence-corrected chi connectivity index (χ4v) is 5.05. The fraction of sp³-hybridized carbons (Fsp3) is 0.174. The van der Waals surface area contributed by atoms with Crippen LogP contribution in [0.2, 0.25) is 0 Å². The van der Waals surface area contributed by atoms with Gasteiger partial charge >= 0.3 is 0 Å². The summed E-state index contributed by atoms with van der Waals surface area (Å²) in [5, 5.41) is 0. The topological polar surface area (TPSA) is 63.2 Å². The first-order chi connectivity index (χ1) is 13.8. The normalized spacial score (nSPS) is 13.6. The summed E-state index contributed by atoms with van der Waals surface area (Å²) in [6.45, 7) is 3.85. The first-order valence-corrected chi connectivity index (χ1v) is 11.6. The lowest BCUT2D eigenvalue weighted by Gasteiger charge is -2.24. The van der Waals surface area contributed by atoms with Crippen molar-refractivity contribution in [2.45, 2.75) is 29.6 Å². The molecule has 3 aromatic carbocycles. The quantitative estimate of drug-likeness (QED) is 0.390. The van der Waals surface area contributed by atoms with Crippen LogP contribution in [-0.4, -0.2) is 19.0 Å². The van der Waals surface area contributed by atoms with Gasteiger partial charge in [0.15, 0.2) is 5.78 Å². The van der Waals surface area contributed by atoms with E-state index in [0.717, 1.165) is 11.1 Å². The second-order valence-corrected chi connectivity index (χ2v) is 9.66. The van der Waals surface area contributed by atoms with Crippen LogP contribution >= 0.6 is 15.9 Å². The molecule has 0 radical (unpaired) electrons. The summed E-state index contributed by atoms with van der Waals surface area (Å²) < 4.78 is 28.7. The molecule has 4 nitrogen and oxygen atoms in total. The van der Waals surface area contributed by atoms with Crippen molar-refractivity contribution in [3.63, 3.8) is 0 Å². The first kappa shape index (κ1) is 21.4. The molecule has 0 bridgehead atoms. The van der Waals surface area contributed by atoms with Crippen molar-refractivity contribution in [2.75, 3.05) is 0 Å². The highest BCUT2D eigenvalue weighted by Gasteiger charge is 2.32. The van der Waals surface area contributed by atoms with E-state index >= 15 is 0 Å². The molecule has 0 amide bonds. The Morgan fingerprint density at radius 1 is 0.828 bits per heavy atom. The predicted molar refractivity (Wildman–Crippen MR) is 119 cm³/mol. The number of ketones is 1. The molecule has 0 aliphatic carbocycles. The summed E-state index contributed by atoms with van der Waals surface area (Å²) in [5.74, 6) is -0.192. The third-order valence-electron chi connectivity index (χ3n) is 4.65. The van der Waals surface area contributed by atoms with E-state index < -0.39 is 20.9 Å². The average Bonchev–Trinajstić information content (AvgIpc) is 2.73. The third kappa shape index (κ3) is 5.21. The molecule has 0 saturated carbocycles. The van der Waals surface area contributed by atoms with Crippen molar-refractivity contribution in [3.05, 3.63) is 101 Å². The van der Waals surface area contributed by atoms with E-state index in [9.17, 15) is 13.2 Å². The number of Topliss-reactive ketones (excluding diaryl/α,β-unsaturated/α-hetero) is 1. The maximum absolute atomic E-state index is 13.0. The Bertz CT molecular complexity index is 1080. The molecule has 1 N–H and O–H groups in total. The molecule has 2 unspecified atom stereocenters. The van der Waals surface area contributed by atoms with Gasteiger partial charge in [-0.2, -0.15) is 0 Å². The van der Waals surface area contributed by atoms with Gasteiger partial charge in [0.1, 0.15) is 0 Å². The molecule has 0 fully saturated rings. The molecule has 0 heterocycles. The monoisotopic (exact) mass is 471 g/mol. The summed E-state index contributed by atoms with van der Waals surface area (Å²) >= 11 is 3.46. The van der Waals surface area contributed by atoms with Crippen molar-refractivity contribution in [1.82, 2.24) is 4.72 Å². The maximum atomic E-state index is 13.0. The van der Waals surface area contributed by atoms with Gasteiger partial charge in [-0.3, -0.25) is 4.79 Å². The Hall–Kier alpha value is -2.28. The summed E-state index contributed by atoms with van der Waals surface area (Å²) in [7, 11) is -3.83. The van der Waals surface area contributed by atoms with E-state index in [1.54, 1.807) is 48.5 Å². The van der Waals surface area contributed by atoms with Crippen LogP contribution in [0.25, 0.3) is 0 Å². The predicted octanol–water partition coefficient (Wildman–Crippen LogP) is 4.97. The van der Waals surface area contributed by atoms with Crippen LogP contribution in [-0.2, 0) is 10.0 Å². The third-order valence-corrected chi connectivity index (χ3v) is 7.05. The fourth-order valence-electron chi connectivity index (χ4n) is 2.94. The minimum atomic E-state index is -3.83. The zero-order valence-electron chi connectivity index (χ0n) is 16.2. The van der Waals surface area contributed by atoms with Crippen molar-refractivity contribution >= 4 is 31.7 Å². The lowest BCUT2D eigenvalue weighted by molar-refractivity contribution is 0.0982. The molecule has 2 atom stereocenters. The van der Waals surface area contributed by atoms with Crippen LogP contribution in [0.4, 0.5) is 0 Å². The summed E-state index contributed by atoms with van der Waals surface area (Å²) in [6, 6.07) is 22.2. The number of hydrogen-bond donors (Lipinski definition) is 1.